The van der Waals surface area contributed by atoms with E-state index in [1.54, 1.807) is 17.4 Å². The van der Waals surface area contributed by atoms with Crippen molar-refractivity contribution in [2.24, 2.45) is 0 Å². The lowest BCUT2D eigenvalue weighted by Gasteiger charge is -2.12. The Morgan fingerprint density at radius 2 is 1.42 bits per heavy atom. The molecule has 5 aromatic carbocycles. The average molecular weight is 503 g/mol. The standard InChI is InChI=1S/C33H18N4S/c34-19-20-8-7-11-23(16-20)31-35-32(30-25-13-4-6-15-29(25)38-33(30)36-31)37-27-14-5-3-12-24(27)26-17-21-9-1-2-10-22(21)18-28(26)37/h1-18H. The number of nitrogens with zero attached hydrogens (tertiary/aromatic N) is 4. The molecule has 0 aliphatic rings. The molecule has 176 valence electrons. The molecule has 0 radical (unpaired) electrons. The minimum absolute atomic E-state index is 0.590. The van der Waals surface area contributed by atoms with Crippen molar-refractivity contribution in [1.82, 2.24) is 14.5 Å². The van der Waals surface area contributed by atoms with E-state index in [1.807, 2.05) is 18.2 Å². The highest BCUT2D eigenvalue weighted by molar-refractivity contribution is 7.25. The van der Waals surface area contributed by atoms with E-state index in [2.05, 4.69) is 95.6 Å². The number of thiophene rings is 1. The van der Waals surface area contributed by atoms with Crippen molar-refractivity contribution in [2.75, 3.05) is 0 Å². The lowest BCUT2D eigenvalue weighted by molar-refractivity contribution is 1.08. The van der Waals surface area contributed by atoms with Crippen molar-refractivity contribution in [3.63, 3.8) is 0 Å². The van der Waals surface area contributed by atoms with Crippen LogP contribution in [0.25, 0.3) is 70.1 Å². The van der Waals surface area contributed by atoms with Crippen LogP contribution in [0.3, 0.4) is 0 Å². The molecule has 4 nitrogen and oxygen atoms in total. The molecule has 0 saturated heterocycles. The zero-order valence-electron chi connectivity index (χ0n) is 20.1. The maximum Gasteiger partial charge on any atom is 0.163 e. The highest BCUT2D eigenvalue weighted by Gasteiger charge is 2.21. The van der Waals surface area contributed by atoms with Gasteiger partial charge in [-0.3, -0.25) is 4.57 Å². The SMILES string of the molecule is N#Cc1cccc(-c2nc(-n3c4ccccc4c4cc5ccccc5cc43)c3c(n2)sc2ccccc23)c1. The summed E-state index contributed by atoms with van der Waals surface area (Å²) in [5.74, 6) is 1.47. The number of fused-ring (bicyclic) bond motifs is 7. The number of nitriles is 1. The first kappa shape index (κ1) is 21.1. The molecule has 0 fully saturated rings. The first-order valence-corrected chi connectivity index (χ1v) is 13.2. The largest absolute Gasteiger partial charge is 0.293 e. The third-order valence-corrected chi connectivity index (χ3v) is 8.29. The van der Waals surface area contributed by atoms with Gasteiger partial charge in [0.15, 0.2) is 11.6 Å². The summed E-state index contributed by atoms with van der Waals surface area (Å²) >= 11 is 1.68. The Balaban J connectivity index is 1.57. The van der Waals surface area contributed by atoms with Gasteiger partial charge in [0.1, 0.15) is 4.83 Å². The van der Waals surface area contributed by atoms with Gasteiger partial charge >= 0.3 is 0 Å². The zero-order valence-corrected chi connectivity index (χ0v) is 20.9. The van der Waals surface area contributed by atoms with Crippen LogP contribution in [0.15, 0.2) is 109 Å². The Morgan fingerprint density at radius 3 is 2.29 bits per heavy atom. The van der Waals surface area contributed by atoms with Crippen LogP contribution in [-0.2, 0) is 0 Å². The molecule has 0 aliphatic carbocycles. The molecule has 0 bridgehead atoms. The molecule has 5 heteroatoms. The molecule has 0 atom stereocenters. The fourth-order valence-electron chi connectivity index (χ4n) is 5.51. The number of rotatable bonds is 2. The number of hydrogen-bond donors (Lipinski definition) is 0. The minimum Gasteiger partial charge on any atom is -0.293 e. The maximum absolute atomic E-state index is 9.51. The highest BCUT2D eigenvalue weighted by atomic mass is 32.1. The second-order valence-corrected chi connectivity index (χ2v) is 10.4. The average Bonchev–Trinajstić information content (AvgIpc) is 3.51. The van der Waals surface area contributed by atoms with Gasteiger partial charge in [0, 0.05) is 26.4 Å². The Kier molecular flexibility index (Phi) is 4.42. The predicted molar refractivity (Wildman–Crippen MR) is 157 cm³/mol. The third-order valence-electron chi connectivity index (χ3n) is 7.22. The second kappa shape index (κ2) is 7.97. The van der Waals surface area contributed by atoms with Crippen LogP contribution in [0, 0.1) is 11.3 Å². The number of hydrogen-bond acceptors (Lipinski definition) is 4. The van der Waals surface area contributed by atoms with Gasteiger partial charge in [0.25, 0.3) is 0 Å². The zero-order chi connectivity index (χ0) is 25.2. The Hall–Kier alpha value is -5.05. The van der Waals surface area contributed by atoms with Crippen LogP contribution < -0.4 is 0 Å². The van der Waals surface area contributed by atoms with Crippen LogP contribution in [0.5, 0.6) is 0 Å². The molecule has 8 rings (SSSR count). The van der Waals surface area contributed by atoms with E-state index < -0.39 is 0 Å². The summed E-state index contributed by atoms with van der Waals surface area (Å²) in [5, 5.41) is 16.5. The smallest absolute Gasteiger partial charge is 0.163 e. The van der Waals surface area contributed by atoms with E-state index in [0.717, 1.165) is 38.0 Å². The first-order chi connectivity index (χ1) is 18.8. The molecule has 0 N–H and O–H groups in total. The molecular weight excluding hydrogens is 484 g/mol. The number of para-hydroxylation sites is 1. The van der Waals surface area contributed by atoms with Crippen LogP contribution in [0.2, 0.25) is 0 Å². The van der Waals surface area contributed by atoms with Gasteiger partial charge in [-0.05, 0) is 47.2 Å². The van der Waals surface area contributed by atoms with E-state index in [0.29, 0.717) is 11.4 Å². The summed E-state index contributed by atoms with van der Waals surface area (Å²) in [7, 11) is 0. The molecule has 3 aromatic heterocycles. The normalized spacial score (nSPS) is 11.7. The fraction of sp³-hybridized carbons (Fsp3) is 0. The van der Waals surface area contributed by atoms with E-state index in [1.165, 1.54) is 26.2 Å². The van der Waals surface area contributed by atoms with Gasteiger partial charge in [-0.2, -0.15) is 5.26 Å². The molecule has 0 aliphatic heterocycles. The minimum atomic E-state index is 0.590. The van der Waals surface area contributed by atoms with Crippen molar-refractivity contribution in [1.29, 1.82) is 5.26 Å². The van der Waals surface area contributed by atoms with Gasteiger partial charge in [-0.15, -0.1) is 11.3 Å². The molecule has 3 heterocycles. The van der Waals surface area contributed by atoms with Crippen molar-refractivity contribution in [2.45, 2.75) is 0 Å². The molecule has 38 heavy (non-hydrogen) atoms. The lowest BCUT2D eigenvalue weighted by Crippen LogP contribution is -2.02. The molecule has 0 unspecified atom stereocenters. The van der Waals surface area contributed by atoms with Crippen molar-refractivity contribution >= 4 is 64.2 Å². The molecular formula is C33H18N4S. The maximum atomic E-state index is 9.51. The summed E-state index contributed by atoms with van der Waals surface area (Å²) in [6.45, 7) is 0. The quantitative estimate of drug-likeness (QED) is 0.238. The van der Waals surface area contributed by atoms with Gasteiger partial charge in [-0.25, -0.2) is 9.97 Å². The van der Waals surface area contributed by atoms with Crippen LogP contribution >= 0.6 is 11.3 Å². The highest BCUT2D eigenvalue weighted by Crippen LogP contribution is 2.41. The van der Waals surface area contributed by atoms with E-state index in [-0.39, 0.29) is 0 Å². The summed E-state index contributed by atoms with van der Waals surface area (Å²) in [6.07, 6.45) is 0. The van der Waals surface area contributed by atoms with Crippen LogP contribution in [0.4, 0.5) is 0 Å². The topological polar surface area (TPSA) is 54.5 Å². The number of aromatic nitrogens is 3. The Labute approximate surface area is 221 Å². The third kappa shape index (κ3) is 3.02. The van der Waals surface area contributed by atoms with Crippen molar-refractivity contribution in [3.05, 3.63) is 115 Å². The monoisotopic (exact) mass is 502 g/mol. The van der Waals surface area contributed by atoms with E-state index in [9.17, 15) is 5.26 Å². The van der Waals surface area contributed by atoms with Crippen molar-refractivity contribution in [3.8, 4) is 23.3 Å². The molecule has 8 aromatic rings. The van der Waals surface area contributed by atoms with Gasteiger partial charge in [-0.1, -0.05) is 72.8 Å². The van der Waals surface area contributed by atoms with Crippen molar-refractivity contribution < 1.29 is 0 Å². The van der Waals surface area contributed by atoms with Crippen LogP contribution in [-0.4, -0.2) is 14.5 Å². The summed E-state index contributed by atoms with van der Waals surface area (Å²) < 4.78 is 3.46. The first-order valence-electron chi connectivity index (χ1n) is 12.4. The summed E-state index contributed by atoms with van der Waals surface area (Å²) in [5.41, 5.74) is 3.63. The molecule has 0 saturated carbocycles. The van der Waals surface area contributed by atoms with Gasteiger partial charge in [0.2, 0.25) is 0 Å². The number of benzene rings is 5. The lowest BCUT2D eigenvalue weighted by atomic mass is 10.1. The fourth-order valence-corrected chi connectivity index (χ4v) is 6.58. The Bertz CT molecular complexity index is 2270. The molecule has 0 amide bonds. The Morgan fingerprint density at radius 1 is 0.658 bits per heavy atom. The summed E-state index contributed by atoms with van der Waals surface area (Å²) in [6, 6.07) is 39.8. The second-order valence-electron chi connectivity index (χ2n) is 9.41. The van der Waals surface area contributed by atoms with Gasteiger partial charge < -0.3 is 0 Å². The van der Waals surface area contributed by atoms with Crippen LogP contribution in [0.1, 0.15) is 5.56 Å². The summed E-state index contributed by atoms with van der Waals surface area (Å²) in [4.78, 5) is 11.2. The molecule has 0 spiro atoms. The van der Waals surface area contributed by atoms with E-state index >= 15 is 0 Å². The van der Waals surface area contributed by atoms with E-state index in [4.69, 9.17) is 9.97 Å². The van der Waals surface area contributed by atoms with Gasteiger partial charge in [0.05, 0.1) is 28.1 Å². The predicted octanol–water partition coefficient (Wildman–Crippen LogP) is 8.63.